The van der Waals surface area contributed by atoms with E-state index in [1.807, 2.05) is 0 Å². The van der Waals surface area contributed by atoms with Crippen LogP contribution in [0.5, 0.6) is 0 Å². The van der Waals surface area contributed by atoms with Crippen LogP contribution in [0.25, 0.3) is 0 Å². The van der Waals surface area contributed by atoms with Gasteiger partial charge in [-0.2, -0.15) is 13.2 Å². The third kappa shape index (κ3) is 3.71. The Bertz CT molecular complexity index is 649. The lowest BCUT2D eigenvalue weighted by molar-refractivity contribution is -0.137. The van der Waals surface area contributed by atoms with Crippen molar-refractivity contribution in [2.45, 2.75) is 12.6 Å². The molecule has 106 valence electrons. The van der Waals surface area contributed by atoms with E-state index in [2.05, 4.69) is 31.9 Å². The number of benzene rings is 1. The third-order valence-corrected chi connectivity index (χ3v) is 4.73. The van der Waals surface area contributed by atoms with Crippen molar-refractivity contribution < 1.29 is 18.0 Å². The minimum Gasteiger partial charge on any atom is -0.294 e. The summed E-state index contributed by atoms with van der Waals surface area (Å²) in [6.07, 6.45) is -4.59. The molecule has 0 bridgehead atoms. The van der Waals surface area contributed by atoms with Crippen molar-refractivity contribution in [1.29, 1.82) is 0 Å². The second-order valence-corrected chi connectivity index (χ2v) is 6.85. The summed E-state index contributed by atoms with van der Waals surface area (Å²) in [4.78, 5) is 12.8. The quantitative estimate of drug-likeness (QED) is 0.572. The third-order valence-electron chi connectivity index (χ3n) is 2.54. The molecule has 0 spiro atoms. The van der Waals surface area contributed by atoms with E-state index in [0.717, 1.165) is 15.4 Å². The van der Waals surface area contributed by atoms with Crippen molar-refractivity contribution in [2.24, 2.45) is 0 Å². The standard InChI is InChI=1S/C13H7Br2F3OS/c14-7-1-2-10(11(4-7)13(16,17)18)12(19)5-9-3-8(15)6-20-9/h1-4,6H,5H2. The highest BCUT2D eigenvalue weighted by atomic mass is 79.9. The maximum atomic E-state index is 13.0. The highest BCUT2D eigenvalue weighted by molar-refractivity contribution is 9.10. The number of hydrogen-bond acceptors (Lipinski definition) is 2. The van der Waals surface area contributed by atoms with Crippen molar-refractivity contribution in [3.8, 4) is 0 Å². The Kier molecular flexibility index (Phi) is 4.71. The van der Waals surface area contributed by atoms with Crippen molar-refractivity contribution in [3.63, 3.8) is 0 Å². The molecule has 1 aromatic carbocycles. The van der Waals surface area contributed by atoms with Crippen LogP contribution >= 0.6 is 43.2 Å². The zero-order valence-corrected chi connectivity index (χ0v) is 13.8. The van der Waals surface area contributed by atoms with E-state index in [9.17, 15) is 18.0 Å². The van der Waals surface area contributed by atoms with E-state index in [1.54, 1.807) is 11.4 Å². The Labute approximate surface area is 134 Å². The second kappa shape index (κ2) is 5.99. The Morgan fingerprint density at radius 3 is 2.40 bits per heavy atom. The first-order chi connectivity index (χ1) is 9.27. The molecule has 0 saturated carbocycles. The summed E-state index contributed by atoms with van der Waals surface area (Å²) < 4.78 is 40.0. The van der Waals surface area contributed by atoms with E-state index >= 15 is 0 Å². The first kappa shape index (κ1) is 15.7. The van der Waals surface area contributed by atoms with E-state index in [0.29, 0.717) is 4.47 Å². The Morgan fingerprint density at radius 2 is 1.85 bits per heavy atom. The van der Waals surface area contributed by atoms with Crippen LogP contribution in [0.4, 0.5) is 13.2 Å². The number of alkyl halides is 3. The number of halogens is 5. The summed E-state index contributed by atoms with van der Waals surface area (Å²) in [6.45, 7) is 0. The van der Waals surface area contributed by atoms with Gasteiger partial charge in [-0.1, -0.05) is 15.9 Å². The van der Waals surface area contributed by atoms with Crippen molar-refractivity contribution in [2.75, 3.05) is 0 Å². The summed E-state index contributed by atoms with van der Waals surface area (Å²) in [5.41, 5.74) is -1.21. The summed E-state index contributed by atoms with van der Waals surface area (Å²) in [7, 11) is 0. The molecule has 2 aromatic rings. The van der Waals surface area contributed by atoms with Gasteiger partial charge in [0.05, 0.1) is 5.56 Å². The smallest absolute Gasteiger partial charge is 0.294 e. The maximum Gasteiger partial charge on any atom is 0.417 e. The highest BCUT2D eigenvalue weighted by Crippen LogP contribution is 2.34. The SMILES string of the molecule is O=C(Cc1cc(Br)cs1)c1ccc(Br)cc1C(F)(F)F. The van der Waals surface area contributed by atoms with Crippen molar-refractivity contribution in [1.82, 2.24) is 0 Å². The predicted molar refractivity (Wildman–Crippen MR) is 79.2 cm³/mol. The van der Waals surface area contributed by atoms with Crippen LogP contribution in [0, 0.1) is 0 Å². The average Bonchev–Trinajstić information content (AvgIpc) is 2.73. The number of carbonyl (C=O) groups excluding carboxylic acids is 1. The molecule has 0 aliphatic rings. The van der Waals surface area contributed by atoms with Gasteiger partial charge in [0.2, 0.25) is 0 Å². The molecule has 0 aliphatic carbocycles. The van der Waals surface area contributed by atoms with Gasteiger partial charge in [0.15, 0.2) is 5.78 Å². The Hall–Kier alpha value is -0.660. The summed E-state index contributed by atoms with van der Waals surface area (Å²) in [5, 5.41) is 1.79. The molecular formula is C13H7Br2F3OS. The fraction of sp³-hybridized carbons (Fsp3) is 0.154. The second-order valence-electron chi connectivity index (χ2n) is 4.02. The molecule has 1 nitrogen and oxygen atoms in total. The van der Waals surface area contributed by atoms with Crippen LogP contribution in [-0.4, -0.2) is 5.78 Å². The lowest BCUT2D eigenvalue weighted by Crippen LogP contribution is -2.14. The molecular weight excluding hydrogens is 421 g/mol. The largest absolute Gasteiger partial charge is 0.417 e. The van der Waals surface area contributed by atoms with E-state index < -0.39 is 17.5 Å². The molecule has 0 fully saturated rings. The van der Waals surface area contributed by atoms with Crippen molar-refractivity contribution in [3.05, 3.63) is 54.6 Å². The lowest BCUT2D eigenvalue weighted by Gasteiger charge is -2.12. The molecule has 0 amide bonds. The molecule has 0 saturated heterocycles. The zero-order chi connectivity index (χ0) is 14.9. The van der Waals surface area contributed by atoms with Gasteiger partial charge in [0.1, 0.15) is 0 Å². The van der Waals surface area contributed by atoms with Crippen LogP contribution in [0.3, 0.4) is 0 Å². The van der Waals surface area contributed by atoms with E-state index in [1.165, 1.54) is 23.5 Å². The molecule has 0 radical (unpaired) electrons. The summed E-state index contributed by atoms with van der Waals surface area (Å²) in [6, 6.07) is 5.30. The molecule has 0 atom stereocenters. The predicted octanol–water partition coefficient (Wildman–Crippen LogP) is 5.72. The van der Waals surface area contributed by atoms with Crippen LogP contribution in [0.1, 0.15) is 20.8 Å². The molecule has 7 heteroatoms. The fourth-order valence-electron chi connectivity index (χ4n) is 1.69. The minimum absolute atomic E-state index is 0.0407. The number of ketones is 1. The van der Waals surface area contributed by atoms with Crippen molar-refractivity contribution >= 4 is 49.0 Å². The minimum atomic E-state index is -4.55. The molecule has 1 aromatic heterocycles. The molecule has 1 heterocycles. The van der Waals surface area contributed by atoms with Crippen LogP contribution in [-0.2, 0) is 12.6 Å². The van der Waals surface area contributed by atoms with E-state index in [-0.39, 0.29) is 12.0 Å². The summed E-state index contributed by atoms with van der Waals surface area (Å²) >= 11 is 7.57. The van der Waals surface area contributed by atoms with Gasteiger partial charge in [0, 0.05) is 31.2 Å². The lowest BCUT2D eigenvalue weighted by atomic mass is 10.0. The van der Waals surface area contributed by atoms with Gasteiger partial charge < -0.3 is 0 Å². The fourth-order valence-corrected chi connectivity index (χ4v) is 3.50. The Balaban J connectivity index is 2.34. The Morgan fingerprint density at radius 1 is 1.15 bits per heavy atom. The van der Waals surface area contributed by atoms with Gasteiger partial charge in [-0.25, -0.2) is 0 Å². The van der Waals surface area contributed by atoms with Crippen LogP contribution in [0.15, 0.2) is 38.6 Å². The molecule has 0 unspecified atom stereocenters. The summed E-state index contributed by atoms with van der Waals surface area (Å²) in [5.74, 6) is -0.542. The first-order valence-electron chi connectivity index (χ1n) is 5.40. The topological polar surface area (TPSA) is 17.1 Å². The number of rotatable bonds is 3. The number of carbonyl (C=O) groups is 1. The van der Waals surface area contributed by atoms with Crippen LogP contribution < -0.4 is 0 Å². The van der Waals surface area contributed by atoms with Gasteiger partial charge in [-0.3, -0.25) is 4.79 Å². The van der Waals surface area contributed by atoms with Gasteiger partial charge in [-0.15, -0.1) is 11.3 Å². The maximum absolute atomic E-state index is 13.0. The molecule has 20 heavy (non-hydrogen) atoms. The number of thiophene rings is 1. The zero-order valence-electron chi connectivity index (χ0n) is 9.80. The molecule has 0 N–H and O–H groups in total. The number of hydrogen-bond donors (Lipinski definition) is 0. The average molecular weight is 428 g/mol. The van der Waals surface area contributed by atoms with Crippen LogP contribution in [0.2, 0.25) is 0 Å². The van der Waals surface area contributed by atoms with Gasteiger partial charge >= 0.3 is 6.18 Å². The molecule has 2 rings (SSSR count). The first-order valence-corrected chi connectivity index (χ1v) is 7.87. The number of Topliss-reactive ketones (excluding diaryl/α,β-unsaturated/α-hetero) is 1. The van der Waals surface area contributed by atoms with E-state index in [4.69, 9.17) is 0 Å². The van der Waals surface area contributed by atoms with Gasteiger partial charge in [0.25, 0.3) is 0 Å². The normalized spacial score (nSPS) is 11.7. The molecule has 0 aliphatic heterocycles. The highest BCUT2D eigenvalue weighted by Gasteiger charge is 2.35. The van der Waals surface area contributed by atoms with Gasteiger partial charge in [-0.05, 0) is 40.2 Å². The monoisotopic (exact) mass is 426 g/mol.